The van der Waals surface area contributed by atoms with Crippen molar-refractivity contribution in [2.45, 2.75) is 0 Å². The lowest BCUT2D eigenvalue weighted by Crippen LogP contribution is -2.36. The van der Waals surface area contributed by atoms with Gasteiger partial charge in [-0.2, -0.15) is 0 Å². The average molecular weight is 289 g/mol. The molecule has 0 saturated carbocycles. The Bertz CT molecular complexity index is 554. The second-order valence-corrected chi connectivity index (χ2v) is 4.84. The third kappa shape index (κ3) is 3.59. The minimum atomic E-state index is -0.0110. The summed E-state index contributed by atoms with van der Waals surface area (Å²) in [6, 6.07) is 16.6. The Morgan fingerprint density at radius 1 is 1.10 bits per heavy atom. The van der Waals surface area contributed by atoms with Gasteiger partial charge in [-0.3, -0.25) is 4.79 Å². The van der Waals surface area contributed by atoms with Gasteiger partial charge in [-0.05, 0) is 43.4 Å². The SMILES string of the molecule is CNCCN(C(=O)c1ccccc1)c1ccc(Cl)cc1. The monoisotopic (exact) mass is 288 g/mol. The molecule has 0 aliphatic carbocycles. The second kappa shape index (κ2) is 7.08. The van der Waals surface area contributed by atoms with Crippen LogP contribution in [0.3, 0.4) is 0 Å². The van der Waals surface area contributed by atoms with E-state index in [1.54, 1.807) is 17.0 Å². The van der Waals surface area contributed by atoms with Gasteiger partial charge in [0, 0.05) is 29.4 Å². The van der Waals surface area contributed by atoms with Crippen LogP contribution in [0.1, 0.15) is 10.4 Å². The molecule has 3 nitrogen and oxygen atoms in total. The fourth-order valence-corrected chi connectivity index (χ4v) is 2.06. The van der Waals surface area contributed by atoms with E-state index in [2.05, 4.69) is 5.32 Å². The summed E-state index contributed by atoms with van der Waals surface area (Å²) in [5.41, 5.74) is 1.53. The van der Waals surface area contributed by atoms with E-state index in [4.69, 9.17) is 11.6 Å². The van der Waals surface area contributed by atoms with Gasteiger partial charge in [-0.15, -0.1) is 0 Å². The molecule has 2 rings (SSSR count). The molecule has 1 amide bonds. The van der Waals surface area contributed by atoms with Crippen molar-refractivity contribution in [3.05, 3.63) is 65.2 Å². The van der Waals surface area contributed by atoms with Gasteiger partial charge in [0.05, 0.1) is 0 Å². The zero-order valence-electron chi connectivity index (χ0n) is 11.3. The number of halogens is 1. The topological polar surface area (TPSA) is 32.3 Å². The Labute approximate surface area is 124 Å². The number of carbonyl (C=O) groups is 1. The Kier molecular flexibility index (Phi) is 5.16. The summed E-state index contributed by atoms with van der Waals surface area (Å²) in [4.78, 5) is 14.4. The smallest absolute Gasteiger partial charge is 0.258 e. The lowest BCUT2D eigenvalue weighted by molar-refractivity contribution is 0.0987. The summed E-state index contributed by atoms with van der Waals surface area (Å²) in [7, 11) is 1.87. The molecule has 0 bridgehead atoms. The van der Waals surface area contributed by atoms with Crippen LogP contribution in [0.15, 0.2) is 54.6 Å². The molecule has 20 heavy (non-hydrogen) atoms. The molecule has 0 aromatic heterocycles. The molecule has 0 heterocycles. The maximum absolute atomic E-state index is 12.6. The lowest BCUT2D eigenvalue weighted by atomic mass is 10.2. The predicted molar refractivity (Wildman–Crippen MR) is 83.5 cm³/mol. The fourth-order valence-electron chi connectivity index (χ4n) is 1.93. The number of nitrogens with zero attached hydrogens (tertiary/aromatic N) is 1. The van der Waals surface area contributed by atoms with E-state index < -0.39 is 0 Å². The van der Waals surface area contributed by atoms with Crippen LogP contribution in [0.25, 0.3) is 0 Å². The normalized spacial score (nSPS) is 10.3. The fraction of sp³-hybridized carbons (Fsp3) is 0.188. The molecule has 0 unspecified atom stereocenters. The van der Waals surface area contributed by atoms with E-state index in [9.17, 15) is 4.79 Å². The van der Waals surface area contributed by atoms with Gasteiger partial charge in [0.25, 0.3) is 5.91 Å². The van der Waals surface area contributed by atoms with Crippen LogP contribution in [-0.2, 0) is 0 Å². The summed E-state index contributed by atoms with van der Waals surface area (Å²) >= 11 is 5.90. The molecule has 104 valence electrons. The van der Waals surface area contributed by atoms with E-state index in [0.717, 1.165) is 12.2 Å². The number of nitrogens with one attached hydrogen (secondary N) is 1. The number of rotatable bonds is 5. The van der Waals surface area contributed by atoms with Crippen molar-refractivity contribution in [1.82, 2.24) is 5.32 Å². The molecule has 0 saturated heterocycles. The highest BCUT2D eigenvalue weighted by Gasteiger charge is 2.16. The Morgan fingerprint density at radius 3 is 2.35 bits per heavy atom. The summed E-state index contributed by atoms with van der Waals surface area (Å²) in [5.74, 6) is -0.0110. The number of hydrogen-bond acceptors (Lipinski definition) is 2. The Hall–Kier alpha value is -1.84. The van der Waals surface area contributed by atoms with Gasteiger partial charge in [0.15, 0.2) is 0 Å². The maximum Gasteiger partial charge on any atom is 0.258 e. The molecule has 2 aromatic rings. The number of hydrogen-bond donors (Lipinski definition) is 1. The number of anilines is 1. The molecule has 0 fully saturated rings. The zero-order chi connectivity index (χ0) is 14.4. The van der Waals surface area contributed by atoms with Crippen molar-refractivity contribution in [2.24, 2.45) is 0 Å². The first-order valence-electron chi connectivity index (χ1n) is 6.49. The molecule has 0 spiro atoms. The molecule has 2 aromatic carbocycles. The van der Waals surface area contributed by atoms with E-state index in [0.29, 0.717) is 17.1 Å². The number of carbonyl (C=O) groups excluding carboxylic acids is 1. The van der Waals surface area contributed by atoms with E-state index in [1.807, 2.05) is 49.5 Å². The zero-order valence-corrected chi connectivity index (χ0v) is 12.1. The summed E-state index contributed by atoms with van der Waals surface area (Å²) in [6.07, 6.45) is 0. The summed E-state index contributed by atoms with van der Waals surface area (Å²) in [6.45, 7) is 1.33. The average Bonchev–Trinajstić information content (AvgIpc) is 2.50. The first kappa shape index (κ1) is 14.6. The minimum Gasteiger partial charge on any atom is -0.318 e. The van der Waals surface area contributed by atoms with Gasteiger partial charge in [-0.25, -0.2) is 0 Å². The van der Waals surface area contributed by atoms with E-state index in [1.165, 1.54) is 0 Å². The van der Waals surface area contributed by atoms with Crippen LogP contribution in [0.4, 0.5) is 5.69 Å². The number of benzene rings is 2. The van der Waals surface area contributed by atoms with Gasteiger partial charge in [0.1, 0.15) is 0 Å². The third-order valence-electron chi connectivity index (χ3n) is 2.99. The van der Waals surface area contributed by atoms with Crippen molar-refractivity contribution < 1.29 is 4.79 Å². The van der Waals surface area contributed by atoms with E-state index >= 15 is 0 Å². The molecule has 0 radical (unpaired) electrons. The third-order valence-corrected chi connectivity index (χ3v) is 3.24. The molecular formula is C16H17ClN2O. The predicted octanol–water partition coefficient (Wildman–Crippen LogP) is 3.21. The van der Waals surface area contributed by atoms with Crippen LogP contribution in [-0.4, -0.2) is 26.0 Å². The highest BCUT2D eigenvalue weighted by atomic mass is 35.5. The Morgan fingerprint density at radius 2 is 1.75 bits per heavy atom. The van der Waals surface area contributed by atoms with Crippen molar-refractivity contribution in [2.75, 3.05) is 25.0 Å². The van der Waals surface area contributed by atoms with Crippen molar-refractivity contribution >= 4 is 23.2 Å². The van der Waals surface area contributed by atoms with E-state index in [-0.39, 0.29) is 5.91 Å². The van der Waals surface area contributed by atoms with Gasteiger partial charge < -0.3 is 10.2 Å². The largest absolute Gasteiger partial charge is 0.318 e. The van der Waals surface area contributed by atoms with Crippen LogP contribution in [0.2, 0.25) is 5.02 Å². The molecule has 0 atom stereocenters. The highest BCUT2D eigenvalue weighted by Crippen LogP contribution is 2.20. The van der Waals surface area contributed by atoms with Crippen LogP contribution < -0.4 is 10.2 Å². The first-order chi connectivity index (χ1) is 9.72. The van der Waals surface area contributed by atoms with Crippen LogP contribution >= 0.6 is 11.6 Å². The van der Waals surface area contributed by atoms with Crippen molar-refractivity contribution in [1.29, 1.82) is 0 Å². The van der Waals surface area contributed by atoms with Crippen molar-refractivity contribution in [3.63, 3.8) is 0 Å². The molecule has 0 aliphatic heterocycles. The Balaban J connectivity index is 2.27. The second-order valence-electron chi connectivity index (χ2n) is 4.40. The molecule has 1 N–H and O–H groups in total. The van der Waals surface area contributed by atoms with Gasteiger partial charge in [0.2, 0.25) is 0 Å². The first-order valence-corrected chi connectivity index (χ1v) is 6.87. The lowest BCUT2D eigenvalue weighted by Gasteiger charge is -2.23. The minimum absolute atomic E-state index is 0.0110. The molecular weight excluding hydrogens is 272 g/mol. The summed E-state index contributed by atoms with van der Waals surface area (Å²) in [5, 5.41) is 3.73. The quantitative estimate of drug-likeness (QED) is 0.916. The van der Waals surface area contributed by atoms with Crippen LogP contribution in [0.5, 0.6) is 0 Å². The van der Waals surface area contributed by atoms with Crippen molar-refractivity contribution in [3.8, 4) is 0 Å². The van der Waals surface area contributed by atoms with Gasteiger partial charge >= 0.3 is 0 Å². The number of likely N-dealkylation sites (N-methyl/N-ethyl adjacent to an activating group) is 1. The van der Waals surface area contributed by atoms with Gasteiger partial charge in [-0.1, -0.05) is 29.8 Å². The molecule has 4 heteroatoms. The maximum atomic E-state index is 12.6. The van der Waals surface area contributed by atoms with Crippen LogP contribution in [0, 0.1) is 0 Å². The molecule has 0 aliphatic rings. The summed E-state index contributed by atoms with van der Waals surface area (Å²) < 4.78 is 0. The number of amides is 1. The highest BCUT2D eigenvalue weighted by molar-refractivity contribution is 6.30. The standard InChI is InChI=1S/C16H17ClN2O/c1-18-11-12-19(15-9-7-14(17)8-10-15)16(20)13-5-3-2-4-6-13/h2-10,18H,11-12H2,1H3.